The fourth-order valence-corrected chi connectivity index (χ4v) is 3.39. The van der Waals surface area contributed by atoms with E-state index in [0.717, 1.165) is 24.1 Å². The lowest BCUT2D eigenvalue weighted by Gasteiger charge is -2.31. The third kappa shape index (κ3) is 2.55. The van der Waals surface area contributed by atoms with Crippen LogP contribution in [0.25, 0.3) is 0 Å². The zero-order valence-electron chi connectivity index (χ0n) is 14.0. The molecule has 1 aromatic carbocycles. The summed E-state index contributed by atoms with van der Waals surface area (Å²) in [6, 6.07) is 7.28. The second-order valence-corrected chi connectivity index (χ2v) is 6.12. The number of nitrogens with zero attached hydrogens (tertiary/aromatic N) is 4. The number of aryl methyl sites for hydroxylation is 2. The summed E-state index contributed by atoms with van der Waals surface area (Å²) in [6.07, 6.45) is 1.87. The summed E-state index contributed by atoms with van der Waals surface area (Å²) >= 11 is 0. The van der Waals surface area contributed by atoms with Crippen LogP contribution in [-0.2, 0) is 11.2 Å². The van der Waals surface area contributed by atoms with E-state index in [0.29, 0.717) is 17.9 Å². The molecule has 1 unspecified atom stereocenters. The summed E-state index contributed by atoms with van der Waals surface area (Å²) in [5, 5.41) is 15.4. The van der Waals surface area contributed by atoms with Gasteiger partial charge in [0.15, 0.2) is 0 Å². The molecule has 0 N–H and O–H groups in total. The van der Waals surface area contributed by atoms with E-state index in [4.69, 9.17) is 0 Å². The largest absolute Gasteiger partial charge is 0.312 e. The fraction of sp³-hybridized carbons (Fsp3) is 0.412. The lowest BCUT2D eigenvalue weighted by molar-refractivity contribution is -0.386. The molecular weight excluding hydrogens is 308 g/mol. The molecule has 2 aromatic rings. The topological polar surface area (TPSA) is 81.3 Å². The first kappa shape index (κ1) is 16.2. The number of nitro groups is 1. The predicted molar refractivity (Wildman–Crippen MR) is 90.2 cm³/mol. The van der Waals surface area contributed by atoms with Crippen LogP contribution in [0.4, 0.5) is 11.4 Å². The fourth-order valence-electron chi connectivity index (χ4n) is 3.39. The van der Waals surface area contributed by atoms with Crippen molar-refractivity contribution in [2.45, 2.75) is 39.7 Å². The van der Waals surface area contributed by atoms with Crippen LogP contribution in [-0.4, -0.2) is 27.2 Å². The molecule has 2 heterocycles. The van der Waals surface area contributed by atoms with Gasteiger partial charge in [-0.15, -0.1) is 0 Å². The molecule has 0 aliphatic carbocycles. The normalized spacial score (nSPS) is 15.0. The molecule has 0 bridgehead atoms. The molecule has 1 atom stereocenters. The molecule has 126 valence electrons. The van der Waals surface area contributed by atoms with Crippen molar-refractivity contribution in [2.24, 2.45) is 0 Å². The second-order valence-electron chi connectivity index (χ2n) is 6.12. The van der Waals surface area contributed by atoms with Crippen LogP contribution in [0.1, 0.15) is 36.3 Å². The van der Waals surface area contributed by atoms with Crippen LogP contribution in [0.2, 0.25) is 0 Å². The molecule has 24 heavy (non-hydrogen) atoms. The molecule has 0 spiro atoms. The summed E-state index contributed by atoms with van der Waals surface area (Å²) in [4.78, 5) is 25.5. The minimum Gasteiger partial charge on any atom is -0.310 e. The van der Waals surface area contributed by atoms with Gasteiger partial charge in [-0.3, -0.25) is 19.6 Å². The van der Waals surface area contributed by atoms with Crippen LogP contribution in [0.5, 0.6) is 0 Å². The monoisotopic (exact) mass is 328 g/mol. The van der Waals surface area contributed by atoms with Gasteiger partial charge < -0.3 is 4.90 Å². The number of anilines is 1. The minimum absolute atomic E-state index is 0.0197. The van der Waals surface area contributed by atoms with Crippen molar-refractivity contribution in [1.29, 1.82) is 0 Å². The number of fused-ring (bicyclic) bond motifs is 1. The molecule has 1 aromatic heterocycles. The van der Waals surface area contributed by atoms with Crippen molar-refractivity contribution < 1.29 is 9.72 Å². The Balaban J connectivity index is 1.95. The number of amides is 1. The SMILES string of the molecule is Cc1nn(C(C)C(=O)N2CCCc3ccccc32)c(C)c1[N+](=O)[O-]. The first-order valence-corrected chi connectivity index (χ1v) is 8.01. The number of carbonyl (C=O) groups is 1. The number of benzene rings is 1. The van der Waals surface area contributed by atoms with Crippen LogP contribution in [0.3, 0.4) is 0 Å². The maximum absolute atomic E-state index is 13.0. The van der Waals surface area contributed by atoms with Gasteiger partial charge in [0.25, 0.3) is 5.91 Å². The molecule has 7 heteroatoms. The molecular formula is C17H20N4O3. The van der Waals surface area contributed by atoms with Gasteiger partial charge in [0.05, 0.1) is 4.92 Å². The van der Waals surface area contributed by atoms with E-state index in [1.54, 1.807) is 25.7 Å². The third-order valence-corrected chi connectivity index (χ3v) is 4.57. The van der Waals surface area contributed by atoms with E-state index in [-0.39, 0.29) is 11.6 Å². The number of rotatable bonds is 3. The average Bonchev–Trinajstić information content (AvgIpc) is 2.87. The molecule has 7 nitrogen and oxygen atoms in total. The molecule has 1 amide bonds. The zero-order chi connectivity index (χ0) is 17.4. The molecule has 0 saturated carbocycles. The van der Waals surface area contributed by atoms with Crippen molar-refractivity contribution in [2.75, 3.05) is 11.4 Å². The molecule has 0 radical (unpaired) electrons. The van der Waals surface area contributed by atoms with Gasteiger partial charge in [-0.05, 0) is 45.2 Å². The highest BCUT2D eigenvalue weighted by Gasteiger charge is 2.31. The Morgan fingerprint density at radius 1 is 1.33 bits per heavy atom. The van der Waals surface area contributed by atoms with E-state index < -0.39 is 11.0 Å². The minimum atomic E-state index is -0.594. The summed E-state index contributed by atoms with van der Waals surface area (Å²) in [5.41, 5.74) is 2.80. The lowest BCUT2D eigenvalue weighted by Crippen LogP contribution is -2.40. The Hall–Kier alpha value is -2.70. The number of hydrogen-bond acceptors (Lipinski definition) is 4. The first-order chi connectivity index (χ1) is 11.4. The smallest absolute Gasteiger partial charge is 0.310 e. The summed E-state index contributed by atoms with van der Waals surface area (Å²) in [7, 11) is 0. The predicted octanol–water partition coefficient (Wildman–Crippen LogP) is 2.95. The highest BCUT2D eigenvalue weighted by atomic mass is 16.6. The standard InChI is InChI=1S/C17H20N4O3/c1-11-16(21(23)24)12(2)20(18-11)13(3)17(22)19-10-6-8-14-7-4-5-9-15(14)19/h4-5,7,9,13H,6,8,10H2,1-3H3. The lowest BCUT2D eigenvalue weighted by atomic mass is 10.0. The molecule has 3 rings (SSSR count). The number of aromatic nitrogens is 2. The number of para-hydroxylation sites is 1. The third-order valence-electron chi connectivity index (χ3n) is 4.57. The maximum atomic E-state index is 13.0. The average molecular weight is 328 g/mol. The van der Waals surface area contributed by atoms with Crippen molar-refractivity contribution >= 4 is 17.3 Å². The Kier molecular flexibility index (Phi) is 4.09. The van der Waals surface area contributed by atoms with E-state index in [2.05, 4.69) is 5.10 Å². The molecule has 0 saturated heterocycles. The van der Waals surface area contributed by atoms with E-state index in [9.17, 15) is 14.9 Å². The Morgan fingerprint density at radius 2 is 2.04 bits per heavy atom. The summed E-state index contributed by atoms with van der Waals surface area (Å²) in [6.45, 7) is 5.62. The van der Waals surface area contributed by atoms with Gasteiger partial charge >= 0.3 is 5.69 Å². The van der Waals surface area contributed by atoms with Crippen LogP contribution >= 0.6 is 0 Å². The van der Waals surface area contributed by atoms with Gasteiger partial charge in [0.2, 0.25) is 0 Å². The first-order valence-electron chi connectivity index (χ1n) is 8.01. The van der Waals surface area contributed by atoms with Crippen molar-refractivity contribution in [3.63, 3.8) is 0 Å². The number of hydrogen-bond donors (Lipinski definition) is 0. The van der Waals surface area contributed by atoms with E-state index >= 15 is 0 Å². The van der Waals surface area contributed by atoms with E-state index in [1.165, 1.54) is 4.68 Å². The van der Waals surface area contributed by atoms with Crippen LogP contribution < -0.4 is 4.90 Å². The van der Waals surface area contributed by atoms with Gasteiger partial charge in [0.1, 0.15) is 17.4 Å². The Bertz CT molecular complexity index is 812. The molecule has 1 aliphatic rings. The highest BCUT2D eigenvalue weighted by Crippen LogP contribution is 2.30. The van der Waals surface area contributed by atoms with Gasteiger partial charge in [0, 0.05) is 12.2 Å². The zero-order valence-corrected chi connectivity index (χ0v) is 14.0. The van der Waals surface area contributed by atoms with Crippen molar-refractivity contribution in [1.82, 2.24) is 9.78 Å². The van der Waals surface area contributed by atoms with E-state index in [1.807, 2.05) is 24.3 Å². The van der Waals surface area contributed by atoms with Gasteiger partial charge in [-0.1, -0.05) is 18.2 Å². The molecule has 1 aliphatic heterocycles. The van der Waals surface area contributed by atoms with Crippen molar-refractivity contribution in [3.8, 4) is 0 Å². The van der Waals surface area contributed by atoms with Gasteiger partial charge in [-0.2, -0.15) is 5.10 Å². The quantitative estimate of drug-likeness (QED) is 0.641. The Morgan fingerprint density at radius 3 is 2.71 bits per heavy atom. The number of carbonyl (C=O) groups excluding carboxylic acids is 1. The van der Waals surface area contributed by atoms with Crippen LogP contribution in [0.15, 0.2) is 24.3 Å². The summed E-state index contributed by atoms with van der Waals surface area (Å²) in [5.74, 6) is -0.0948. The van der Waals surface area contributed by atoms with Crippen LogP contribution in [0, 0.1) is 24.0 Å². The maximum Gasteiger partial charge on any atom is 0.312 e. The highest BCUT2D eigenvalue weighted by molar-refractivity contribution is 5.97. The second kappa shape index (κ2) is 6.07. The van der Waals surface area contributed by atoms with Crippen molar-refractivity contribution in [3.05, 3.63) is 51.3 Å². The Labute approximate surface area is 140 Å². The summed E-state index contributed by atoms with van der Waals surface area (Å²) < 4.78 is 1.47. The van der Waals surface area contributed by atoms with Gasteiger partial charge in [-0.25, -0.2) is 0 Å². The molecule has 0 fully saturated rings.